The zero-order chi connectivity index (χ0) is 20.4. The molecular formula is C21H18N4O4. The van der Waals surface area contributed by atoms with Gasteiger partial charge >= 0.3 is 5.63 Å². The number of hydrogen-bond donors (Lipinski definition) is 1. The molecule has 4 rings (SSSR count). The third kappa shape index (κ3) is 3.60. The number of carbonyl (C=O) groups is 1. The van der Waals surface area contributed by atoms with Gasteiger partial charge in [-0.15, -0.1) is 0 Å². The molecule has 1 N–H and O–H groups in total. The molecule has 0 saturated heterocycles. The number of pyridine rings is 1. The molecule has 0 unspecified atom stereocenters. The van der Waals surface area contributed by atoms with Crippen LogP contribution in [0.4, 0.5) is 0 Å². The highest BCUT2D eigenvalue weighted by atomic mass is 16.5. The van der Waals surface area contributed by atoms with Crippen molar-refractivity contribution in [2.75, 3.05) is 7.11 Å². The molecule has 1 aromatic carbocycles. The van der Waals surface area contributed by atoms with Gasteiger partial charge in [0, 0.05) is 18.6 Å². The Hall–Kier alpha value is -3.94. The fourth-order valence-electron chi connectivity index (χ4n) is 3.07. The van der Waals surface area contributed by atoms with Crippen LogP contribution in [0.1, 0.15) is 16.1 Å². The minimum Gasteiger partial charge on any atom is -0.493 e. The number of methoxy groups -OCH3 is 1. The molecule has 0 atom stereocenters. The Morgan fingerprint density at radius 2 is 2.07 bits per heavy atom. The summed E-state index contributed by atoms with van der Waals surface area (Å²) in [5.74, 6) is -0.101. The van der Waals surface area contributed by atoms with E-state index in [4.69, 9.17) is 9.15 Å². The molecule has 3 aromatic heterocycles. The number of amides is 1. The van der Waals surface area contributed by atoms with Crippen LogP contribution in [0.3, 0.4) is 0 Å². The second-order valence-corrected chi connectivity index (χ2v) is 6.37. The molecule has 4 aromatic rings. The lowest BCUT2D eigenvalue weighted by Gasteiger charge is -2.06. The van der Waals surface area contributed by atoms with Gasteiger partial charge in [0.05, 0.1) is 30.7 Å². The first-order chi connectivity index (χ1) is 14.1. The fraction of sp³-hybridized carbons (Fsp3) is 0.143. The lowest BCUT2D eigenvalue weighted by Crippen LogP contribution is -2.28. The maximum atomic E-state index is 12.5. The molecule has 0 aliphatic rings. The molecule has 0 aliphatic heterocycles. The predicted molar refractivity (Wildman–Crippen MR) is 107 cm³/mol. The largest absolute Gasteiger partial charge is 0.493 e. The number of ether oxygens (including phenoxy) is 1. The zero-order valence-electron chi connectivity index (χ0n) is 15.9. The Bertz CT molecular complexity index is 1240. The molecule has 0 aliphatic carbocycles. The van der Waals surface area contributed by atoms with E-state index in [9.17, 15) is 9.59 Å². The minimum absolute atomic E-state index is 0.0772. The number of para-hydroxylation sites is 1. The van der Waals surface area contributed by atoms with Gasteiger partial charge in [-0.3, -0.25) is 14.5 Å². The number of aromatic nitrogens is 3. The molecule has 3 heterocycles. The van der Waals surface area contributed by atoms with Gasteiger partial charge in [0.25, 0.3) is 5.91 Å². The highest BCUT2D eigenvalue weighted by molar-refractivity contribution is 5.97. The van der Waals surface area contributed by atoms with Crippen molar-refractivity contribution < 1.29 is 13.9 Å². The number of nitrogens with zero attached hydrogens (tertiary/aromatic N) is 3. The molecule has 29 heavy (non-hydrogen) atoms. The van der Waals surface area contributed by atoms with E-state index >= 15 is 0 Å². The van der Waals surface area contributed by atoms with E-state index in [1.54, 1.807) is 36.1 Å². The van der Waals surface area contributed by atoms with Crippen LogP contribution in [-0.2, 0) is 13.6 Å². The Morgan fingerprint density at radius 1 is 1.21 bits per heavy atom. The molecule has 146 valence electrons. The van der Waals surface area contributed by atoms with Crippen LogP contribution >= 0.6 is 0 Å². The summed E-state index contributed by atoms with van der Waals surface area (Å²) >= 11 is 0. The number of benzene rings is 1. The first kappa shape index (κ1) is 18.4. The number of nitrogens with one attached hydrogen (secondary N) is 1. The van der Waals surface area contributed by atoms with E-state index in [1.807, 2.05) is 24.3 Å². The number of carbonyl (C=O) groups excluding carboxylic acids is 1. The van der Waals surface area contributed by atoms with E-state index in [0.29, 0.717) is 22.4 Å². The van der Waals surface area contributed by atoms with Crippen molar-refractivity contribution in [3.63, 3.8) is 0 Å². The van der Waals surface area contributed by atoms with E-state index in [1.165, 1.54) is 13.2 Å². The highest BCUT2D eigenvalue weighted by Gasteiger charge is 2.16. The van der Waals surface area contributed by atoms with Crippen molar-refractivity contribution in [1.82, 2.24) is 20.1 Å². The predicted octanol–water partition coefficient (Wildman–Crippen LogP) is 2.53. The monoisotopic (exact) mass is 390 g/mol. The minimum atomic E-state index is -0.727. The summed E-state index contributed by atoms with van der Waals surface area (Å²) in [5, 5.41) is 7.71. The number of fused-ring (bicyclic) bond motifs is 1. The van der Waals surface area contributed by atoms with E-state index in [-0.39, 0.29) is 12.1 Å². The molecule has 8 nitrogen and oxygen atoms in total. The highest BCUT2D eigenvalue weighted by Crippen LogP contribution is 2.24. The standard InChI is InChI=1S/C21H18N4O4/c1-25-17(16-7-3-4-9-22-16)11-14(24-25)12-23-20(26)15-10-13-6-5-8-18(28-2)19(13)29-21(15)27/h3-11H,12H2,1-2H3,(H,23,26). The van der Waals surface area contributed by atoms with Gasteiger partial charge in [0.2, 0.25) is 0 Å². The topological polar surface area (TPSA) is 99.2 Å². The number of aryl methyl sites for hydroxylation is 1. The van der Waals surface area contributed by atoms with Crippen molar-refractivity contribution in [1.29, 1.82) is 0 Å². The van der Waals surface area contributed by atoms with Gasteiger partial charge in [0.1, 0.15) is 5.56 Å². The Morgan fingerprint density at radius 3 is 2.83 bits per heavy atom. The molecule has 0 spiro atoms. The SMILES string of the molecule is COc1cccc2cc(C(=O)NCc3cc(-c4ccccn4)n(C)n3)c(=O)oc12. The third-order valence-corrected chi connectivity index (χ3v) is 4.48. The van der Waals surface area contributed by atoms with E-state index < -0.39 is 11.5 Å². The summed E-state index contributed by atoms with van der Waals surface area (Å²) in [6, 6.07) is 14.1. The van der Waals surface area contributed by atoms with Gasteiger partial charge in [-0.25, -0.2) is 4.79 Å². The molecule has 8 heteroatoms. The molecular weight excluding hydrogens is 372 g/mol. The molecule has 1 amide bonds. The van der Waals surface area contributed by atoms with Crippen molar-refractivity contribution in [3.8, 4) is 17.1 Å². The first-order valence-electron chi connectivity index (χ1n) is 8.90. The quantitative estimate of drug-likeness (QED) is 0.526. The summed E-state index contributed by atoms with van der Waals surface area (Å²) in [6.45, 7) is 0.162. The average molecular weight is 390 g/mol. The van der Waals surface area contributed by atoms with Gasteiger partial charge in [0.15, 0.2) is 11.3 Å². The molecule has 0 bridgehead atoms. The van der Waals surface area contributed by atoms with E-state index in [2.05, 4.69) is 15.4 Å². The smallest absolute Gasteiger partial charge is 0.349 e. The van der Waals surface area contributed by atoms with Crippen LogP contribution in [0.5, 0.6) is 5.75 Å². The maximum absolute atomic E-state index is 12.5. The Labute approximate surface area is 165 Å². The summed E-state index contributed by atoms with van der Waals surface area (Å²) in [4.78, 5) is 29.1. The van der Waals surface area contributed by atoms with Crippen molar-refractivity contribution >= 4 is 16.9 Å². The maximum Gasteiger partial charge on any atom is 0.349 e. The lowest BCUT2D eigenvalue weighted by atomic mass is 10.1. The first-order valence-corrected chi connectivity index (χ1v) is 8.90. The van der Waals surface area contributed by atoms with Gasteiger partial charge < -0.3 is 14.5 Å². The summed E-state index contributed by atoms with van der Waals surface area (Å²) < 4.78 is 12.2. The van der Waals surface area contributed by atoms with Gasteiger partial charge in [-0.05, 0) is 30.3 Å². The van der Waals surface area contributed by atoms with Crippen molar-refractivity contribution in [3.05, 3.63) is 76.4 Å². The average Bonchev–Trinajstić information content (AvgIpc) is 3.12. The Balaban J connectivity index is 1.55. The second-order valence-electron chi connectivity index (χ2n) is 6.37. The van der Waals surface area contributed by atoms with Crippen LogP contribution in [0.15, 0.2) is 63.9 Å². The lowest BCUT2D eigenvalue weighted by molar-refractivity contribution is 0.0946. The third-order valence-electron chi connectivity index (χ3n) is 4.48. The van der Waals surface area contributed by atoms with Crippen LogP contribution in [-0.4, -0.2) is 27.8 Å². The number of rotatable bonds is 5. The zero-order valence-corrected chi connectivity index (χ0v) is 15.9. The Kier molecular flexibility index (Phi) is 4.82. The molecule has 0 radical (unpaired) electrons. The summed E-state index contributed by atoms with van der Waals surface area (Å²) in [6.07, 6.45) is 1.71. The number of hydrogen-bond acceptors (Lipinski definition) is 6. The van der Waals surface area contributed by atoms with Crippen LogP contribution in [0.25, 0.3) is 22.4 Å². The summed E-state index contributed by atoms with van der Waals surface area (Å²) in [7, 11) is 3.29. The van der Waals surface area contributed by atoms with Crippen LogP contribution in [0, 0.1) is 0 Å². The van der Waals surface area contributed by atoms with Gasteiger partial charge in [-0.1, -0.05) is 18.2 Å². The normalized spacial score (nSPS) is 10.8. The molecule has 0 saturated carbocycles. The van der Waals surface area contributed by atoms with Crippen molar-refractivity contribution in [2.24, 2.45) is 7.05 Å². The fourth-order valence-corrected chi connectivity index (χ4v) is 3.07. The van der Waals surface area contributed by atoms with Crippen LogP contribution in [0.2, 0.25) is 0 Å². The second kappa shape index (κ2) is 7.59. The summed E-state index contributed by atoms with van der Waals surface area (Å²) in [5.41, 5.74) is 1.76. The van der Waals surface area contributed by atoms with E-state index in [0.717, 1.165) is 11.4 Å². The van der Waals surface area contributed by atoms with Crippen molar-refractivity contribution in [2.45, 2.75) is 6.54 Å². The van der Waals surface area contributed by atoms with Crippen LogP contribution < -0.4 is 15.7 Å². The van der Waals surface area contributed by atoms with Gasteiger partial charge in [-0.2, -0.15) is 5.10 Å². The molecule has 0 fully saturated rings.